The van der Waals surface area contributed by atoms with Crippen molar-refractivity contribution in [1.29, 1.82) is 0 Å². The zero-order chi connectivity index (χ0) is 18.8. The van der Waals surface area contributed by atoms with Crippen LogP contribution in [0.4, 0.5) is 0 Å². The van der Waals surface area contributed by atoms with E-state index in [4.69, 9.17) is 4.74 Å². The van der Waals surface area contributed by atoms with Crippen molar-refractivity contribution >= 4 is 5.65 Å². The highest BCUT2D eigenvalue weighted by atomic mass is 16.5. The topological polar surface area (TPSA) is 52.3 Å². The summed E-state index contributed by atoms with van der Waals surface area (Å²) in [6, 6.07) is 23.0. The summed E-state index contributed by atoms with van der Waals surface area (Å²) in [7, 11) is 0. The van der Waals surface area contributed by atoms with Gasteiger partial charge in [-0.1, -0.05) is 76.2 Å². The molecule has 2 aromatic heterocycles. The normalized spacial score (nSPS) is 9.54. The van der Waals surface area contributed by atoms with Crippen molar-refractivity contribution in [3.63, 3.8) is 0 Å². The number of aromatic nitrogens is 4. The Bertz CT molecular complexity index is 905. The summed E-state index contributed by atoms with van der Waals surface area (Å²) in [5.74, 6) is 1.92. The predicted molar refractivity (Wildman–Crippen MR) is 105 cm³/mol. The average molecular weight is 348 g/mol. The molecule has 0 aliphatic heterocycles. The van der Waals surface area contributed by atoms with Gasteiger partial charge in [-0.05, 0) is 18.2 Å². The molecule has 0 aliphatic rings. The number of hydrogen-bond acceptors (Lipinski definition) is 4. The third-order valence-electron chi connectivity index (χ3n) is 3.24. The highest BCUT2D eigenvalue weighted by Crippen LogP contribution is 2.21. The van der Waals surface area contributed by atoms with E-state index < -0.39 is 0 Å². The summed E-state index contributed by atoms with van der Waals surface area (Å²) >= 11 is 0. The third-order valence-corrected chi connectivity index (χ3v) is 3.24. The van der Waals surface area contributed by atoms with Gasteiger partial charge >= 0.3 is 0 Å². The lowest BCUT2D eigenvalue weighted by atomic mass is 10.2. The molecule has 5 heteroatoms. The van der Waals surface area contributed by atoms with Crippen molar-refractivity contribution in [3.8, 4) is 23.0 Å². The predicted octanol–water partition coefficient (Wildman–Crippen LogP) is 5.64. The molecule has 0 aliphatic carbocycles. The second-order valence-electron chi connectivity index (χ2n) is 4.75. The minimum Gasteiger partial charge on any atom is -0.438 e. The number of hydrogen-bond donors (Lipinski definition) is 0. The van der Waals surface area contributed by atoms with Crippen molar-refractivity contribution in [1.82, 2.24) is 19.8 Å². The van der Waals surface area contributed by atoms with Crippen LogP contribution >= 0.6 is 0 Å². The van der Waals surface area contributed by atoms with Crippen LogP contribution in [0.15, 0.2) is 72.8 Å². The maximum Gasteiger partial charge on any atom is 0.237 e. The van der Waals surface area contributed by atoms with Gasteiger partial charge in [-0.15, -0.1) is 15.3 Å². The van der Waals surface area contributed by atoms with Gasteiger partial charge in [-0.2, -0.15) is 4.52 Å². The van der Waals surface area contributed by atoms with Crippen molar-refractivity contribution in [2.75, 3.05) is 0 Å². The fraction of sp³-hybridized carbons (Fsp3) is 0.190. The number of rotatable bonds is 3. The van der Waals surface area contributed by atoms with E-state index >= 15 is 0 Å². The number of ether oxygens (including phenoxy) is 1. The molecule has 0 fully saturated rings. The van der Waals surface area contributed by atoms with E-state index in [2.05, 4.69) is 15.3 Å². The van der Waals surface area contributed by atoms with E-state index in [0.29, 0.717) is 17.4 Å². The molecule has 0 radical (unpaired) electrons. The van der Waals surface area contributed by atoms with Crippen LogP contribution in [-0.4, -0.2) is 19.8 Å². The van der Waals surface area contributed by atoms with Crippen molar-refractivity contribution in [2.24, 2.45) is 0 Å². The summed E-state index contributed by atoms with van der Waals surface area (Å²) < 4.78 is 7.45. The van der Waals surface area contributed by atoms with Crippen LogP contribution < -0.4 is 4.74 Å². The van der Waals surface area contributed by atoms with Gasteiger partial charge in [0, 0.05) is 11.6 Å². The van der Waals surface area contributed by atoms with Crippen LogP contribution in [0.2, 0.25) is 0 Å². The molecule has 0 saturated carbocycles. The van der Waals surface area contributed by atoms with E-state index in [1.54, 1.807) is 10.6 Å². The van der Waals surface area contributed by atoms with Gasteiger partial charge in [0.05, 0.1) is 0 Å². The first-order valence-electron chi connectivity index (χ1n) is 8.91. The lowest BCUT2D eigenvalue weighted by Gasteiger charge is -2.05. The molecule has 0 saturated heterocycles. The van der Waals surface area contributed by atoms with E-state index in [9.17, 15) is 0 Å². The van der Waals surface area contributed by atoms with Gasteiger partial charge in [0.15, 0.2) is 11.5 Å². The van der Waals surface area contributed by atoms with Gasteiger partial charge in [0.2, 0.25) is 5.88 Å². The fourth-order valence-electron chi connectivity index (χ4n) is 2.20. The molecule has 0 atom stereocenters. The molecule has 0 bridgehead atoms. The Kier molecular flexibility index (Phi) is 7.31. The summed E-state index contributed by atoms with van der Waals surface area (Å²) in [4.78, 5) is 0. The number of fused-ring (bicyclic) bond motifs is 1. The Morgan fingerprint density at radius 1 is 0.692 bits per heavy atom. The highest BCUT2D eigenvalue weighted by molar-refractivity contribution is 5.58. The number of nitrogens with zero attached hydrogens (tertiary/aromatic N) is 4. The molecule has 26 heavy (non-hydrogen) atoms. The summed E-state index contributed by atoms with van der Waals surface area (Å²) in [6.07, 6.45) is 0. The molecule has 0 amide bonds. The Morgan fingerprint density at radius 3 is 1.96 bits per heavy atom. The van der Waals surface area contributed by atoms with Crippen LogP contribution in [0.5, 0.6) is 11.6 Å². The van der Waals surface area contributed by atoms with Gasteiger partial charge in [0.1, 0.15) is 5.75 Å². The fourth-order valence-corrected chi connectivity index (χ4v) is 2.20. The van der Waals surface area contributed by atoms with Crippen LogP contribution in [0, 0.1) is 0 Å². The largest absolute Gasteiger partial charge is 0.438 e. The van der Waals surface area contributed by atoms with Crippen LogP contribution in [-0.2, 0) is 0 Å². The second kappa shape index (κ2) is 9.93. The Balaban J connectivity index is 0.000000570. The van der Waals surface area contributed by atoms with Gasteiger partial charge < -0.3 is 4.74 Å². The molecule has 2 heterocycles. The molecule has 134 valence electrons. The minimum absolute atomic E-state index is 0.496. The standard InChI is InChI=1S/C17H12N4O.2C2H6/c1-3-7-13(8-4-1)17-19-18-15-11-12-16(20-21(15)17)22-14-9-5-2-6-10-14;2*1-2/h1-12H;2*1-2H3. The maximum absolute atomic E-state index is 5.76. The van der Waals surface area contributed by atoms with Gasteiger partial charge in [-0.25, -0.2) is 0 Å². The molecule has 0 spiro atoms. The minimum atomic E-state index is 0.496. The van der Waals surface area contributed by atoms with Crippen molar-refractivity contribution < 1.29 is 4.74 Å². The Morgan fingerprint density at radius 2 is 1.31 bits per heavy atom. The monoisotopic (exact) mass is 348 g/mol. The molecular formula is C21H24N4O. The summed E-state index contributed by atoms with van der Waals surface area (Å²) in [6.45, 7) is 8.00. The molecular weight excluding hydrogens is 324 g/mol. The molecule has 0 unspecified atom stereocenters. The molecule has 2 aromatic carbocycles. The van der Waals surface area contributed by atoms with Gasteiger partial charge in [-0.3, -0.25) is 0 Å². The van der Waals surface area contributed by atoms with E-state index in [-0.39, 0.29) is 0 Å². The van der Waals surface area contributed by atoms with E-state index in [0.717, 1.165) is 11.3 Å². The molecule has 0 N–H and O–H groups in total. The smallest absolute Gasteiger partial charge is 0.237 e. The highest BCUT2D eigenvalue weighted by Gasteiger charge is 2.10. The first-order valence-corrected chi connectivity index (χ1v) is 8.91. The second-order valence-corrected chi connectivity index (χ2v) is 4.75. The lowest BCUT2D eigenvalue weighted by molar-refractivity contribution is 0.453. The molecule has 4 aromatic rings. The average Bonchev–Trinajstić information content (AvgIpc) is 3.16. The SMILES string of the molecule is CC.CC.c1ccc(Oc2ccc3nnc(-c4ccccc4)n3n2)cc1. The van der Waals surface area contributed by atoms with Crippen LogP contribution in [0.25, 0.3) is 17.0 Å². The Labute approximate surface area is 154 Å². The van der Waals surface area contributed by atoms with Crippen molar-refractivity contribution in [2.45, 2.75) is 27.7 Å². The number of benzene rings is 2. The Hall–Kier alpha value is -3.21. The van der Waals surface area contributed by atoms with E-state index in [1.165, 1.54) is 0 Å². The van der Waals surface area contributed by atoms with Crippen molar-refractivity contribution in [3.05, 3.63) is 72.8 Å². The number of para-hydroxylation sites is 1. The zero-order valence-electron chi connectivity index (χ0n) is 15.6. The summed E-state index contributed by atoms with van der Waals surface area (Å²) in [5.41, 5.74) is 1.64. The lowest BCUT2D eigenvalue weighted by Crippen LogP contribution is -1.97. The molecule has 4 rings (SSSR count). The first kappa shape index (κ1) is 19.1. The van der Waals surface area contributed by atoms with Crippen LogP contribution in [0.3, 0.4) is 0 Å². The van der Waals surface area contributed by atoms with Crippen LogP contribution in [0.1, 0.15) is 27.7 Å². The van der Waals surface area contributed by atoms with Gasteiger partial charge in [0.25, 0.3) is 0 Å². The first-order chi connectivity index (χ1) is 12.9. The maximum atomic E-state index is 5.76. The third kappa shape index (κ3) is 4.45. The zero-order valence-corrected chi connectivity index (χ0v) is 15.6. The summed E-state index contributed by atoms with van der Waals surface area (Å²) in [5, 5.41) is 12.8. The quantitative estimate of drug-likeness (QED) is 0.481. The molecule has 5 nitrogen and oxygen atoms in total. The van der Waals surface area contributed by atoms with E-state index in [1.807, 2.05) is 94.4 Å².